The van der Waals surface area contributed by atoms with E-state index < -0.39 is 0 Å². The van der Waals surface area contributed by atoms with E-state index in [1.54, 1.807) is 32.4 Å². The second kappa shape index (κ2) is 11.6. The van der Waals surface area contributed by atoms with Crippen molar-refractivity contribution in [3.05, 3.63) is 89.4 Å². The van der Waals surface area contributed by atoms with Crippen molar-refractivity contribution in [2.24, 2.45) is 0 Å². The quantitative estimate of drug-likeness (QED) is 0.290. The van der Waals surface area contributed by atoms with Crippen LogP contribution < -0.4 is 19.5 Å². The van der Waals surface area contributed by atoms with Gasteiger partial charge < -0.3 is 24.1 Å². The molecule has 0 saturated carbocycles. The molecule has 188 valence electrons. The number of methoxy groups -OCH3 is 2. The maximum atomic E-state index is 14.1. The summed E-state index contributed by atoms with van der Waals surface area (Å²) < 4.78 is 32.7. The van der Waals surface area contributed by atoms with Crippen LogP contribution in [0.25, 0.3) is 10.9 Å². The van der Waals surface area contributed by atoms with Crippen molar-refractivity contribution in [1.29, 1.82) is 0 Å². The molecule has 0 saturated heterocycles. The Morgan fingerprint density at radius 2 is 1.75 bits per heavy atom. The second-order valence-corrected chi connectivity index (χ2v) is 8.45. The molecule has 0 bridgehead atoms. The Morgan fingerprint density at radius 1 is 0.944 bits per heavy atom. The van der Waals surface area contributed by atoms with E-state index in [1.165, 1.54) is 6.07 Å². The van der Waals surface area contributed by atoms with E-state index in [0.717, 1.165) is 22.9 Å². The molecule has 0 unspecified atom stereocenters. The molecule has 3 aromatic carbocycles. The zero-order valence-electron chi connectivity index (χ0n) is 20.8. The molecule has 0 spiro atoms. The maximum absolute atomic E-state index is 14.1. The van der Waals surface area contributed by atoms with Crippen LogP contribution in [0.4, 0.5) is 4.39 Å². The predicted octanol–water partition coefficient (Wildman–Crippen LogP) is 5.76. The first-order valence-electron chi connectivity index (χ1n) is 12.0. The van der Waals surface area contributed by atoms with Crippen molar-refractivity contribution in [3.8, 4) is 17.2 Å². The van der Waals surface area contributed by atoms with Crippen molar-refractivity contribution in [2.45, 2.75) is 32.9 Å². The summed E-state index contributed by atoms with van der Waals surface area (Å²) in [7, 11) is 3.20. The number of nitrogens with one attached hydrogen (secondary N) is 1. The van der Waals surface area contributed by atoms with E-state index in [4.69, 9.17) is 14.2 Å². The number of aryl methyl sites for hydroxylation is 1. The fourth-order valence-corrected chi connectivity index (χ4v) is 4.25. The average molecular weight is 491 g/mol. The van der Waals surface area contributed by atoms with Gasteiger partial charge in [0.2, 0.25) is 0 Å². The maximum Gasteiger partial charge on any atom is 0.267 e. The molecule has 0 atom stereocenters. The van der Waals surface area contributed by atoms with E-state index in [9.17, 15) is 9.18 Å². The molecule has 0 fully saturated rings. The van der Waals surface area contributed by atoms with Crippen molar-refractivity contribution < 1.29 is 23.4 Å². The number of carbonyl (C=O) groups excluding carboxylic acids is 1. The number of benzene rings is 3. The van der Waals surface area contributed by atoms with Gasteiger partial charge in [-0.2, -0.15) is 0 Å². The number of ether oxygens (including phenoxy) is 3. The van der Waals surface area contributed by atoms with Gasteiger partial charge in [-0.3, -0.25) is 4.79 Å². The van der Waals surface area contributed by atoms with Crippen LogP contribution in [0.5, 0.6) is 17.2 Å². The Labute approximate surface area is 210 Å². The molecule has 0 aliphatic carbocycles. The molecule has 0 radical (unpaired) electrons. The average Bonchev–Trinajstić information content (AvgIpc) is 3.27. The summed E-state index contributed by atoms with van der Waals surface area (Å²) in [6, 6.07) is 19.9. The highest BCUT2D eigenvalue weighted by Gasteiger charge is 2.18. The molecule has 1 amide bonds. The van der Waals surface area contributed by atoms with Crippen LogP contribution in [0, 0.1) is 5.82 Å². The third kappa shape index (κ3) is 5.46. The summed E-state index contributed by atoms with van der Waals surface area (Å²) in [5, 5.41) is 3.86. The van der Waals surface area contributed by atoms with Gasteiger partial charge in [0.1, 0.15) is 23.9 Å². The number of amides is 1. The molecule has 4 aromatic rings. The van der Waals surface area contributed by atoms with Gasteiger partial charge in [0.25, 0.3) is 5.91 Å². The van der Waals surface area contributed by atoms with Gasteiger partial charge in [-0.25, -0.2) is 4.39 Å². The Hall–Kier alpha value is -4.00. The minimum absolute atomic E-state index is 0.109. The molecular weight excluding hydrogens is 459 g/mol. The summed E-state index contributed by atoms with van der Waals surface area (Å²) in [4.78, 5) is 13.2. The molecule has 1 heterocycles. The van der Waals surface area contributed by atoms with Gasteiger partial charge in [-0.15, -0.1) is 0 Å². The molecule has 0 aliphatic rings. The predicted molar refractivity (Wildman–Crippen MR) is 139 cm³/mol. The van der Waals surface area contributed by atoms with Gasteiger partial charge in [0, 0.05) is 24.0 Å². The third-order valence-corrected chi connectivity index (χ3v) is 6.07. The minimum atomic E-state index is -0.303. The molecular formula is C29H31FN2O4. The van der Waals surface area contributed by atoms with Crippen LogP contribution in [0.1, 0.15) is 35.0 Å². The third-order valence-electron chi connectivity index (χ3n) is 6.07. The number of fused-ring (bicyclic) bond motifs is 1. The van der Waals surface area contributed by atoms with Crippen LogP contribution in [-0.4, -0.2) is 31.2 Å². The number of hydrogen-bond donors (Lipinski definition) is 1. The summed E-state index contributed by atoms with van der Waals surface area (Å²) in [5.41, 5.74) is 3.00. The number of hydrogen-bond acceptors (Lipinski definition) is 4. The standard InChI is InChI=1S/C29H31FN2O4/c1-4-16-32-24-10-7-11-26(36-19-21-8-5-6-9-23(21)30)22(24)18-25(32)29(33)31-15-14-20-12-13-27(34-2)28(17-20)35-3/h5-13,17-18H,4,14-16,19H2,1-3H3,(H,31,33). The lowest BCUT2D eigenvalue weighted by molar-refractivity contribution is 0.0945. The smallest absolute Gasteiger partial charge is 0.267 e. The lowest BCUT2D eigenvalue weighted by Crippen LogP contribution is -2.27. The first kappa shape index (κ1) is 25.1. The van der Waals surface area contributed by atoms with Gasteiger partial charge in [0.15, 0.2) is 11.5 Å². The molecule has 36 heavy (non-hydrogen) atoms. The monoisotopic (exact) mass is 490 g/mol. The highest BCUT2D eigenvalue weighted by atomic mass is 19.1. The van der Waals surface area contributed by atoms with Gasteiger partial charge >= 0.3 is 0 Å². The zero-order valence-corrected chi connectivity index (χ0v) is 20.8. The van der Waals surface area contributed by atoms with E-state index in [-0.39, 0.29) is 18.3 Å². The molecule has 4 rings (SSSR count). The van der Waals surface area contributed by atoms with E-state index in [0.29, 0.717) is 48.0 Å². The first-order chi connectivity index (χ1) is 17.5. The van der Waals surface area contributed by atoms with Gasteiger partial charge in [0.05, 0.1) is 19.7 Å². The molecule has 0 aliphatic heterocycles. The Balaban J connectivity index is 1.51. The Bertz CT molecular complexity index is 1350. The van der Waals surface area contributed by atoms with E-state index >= 15 is 0 Å². The van der Waals surface area contributed by atoms with Crippen molar-refractivity contribution in [3.63, 3.8) is 0 Å². The number of carbonyl (C=O) groups is 1. The SMILES string of the molecule is CCCn1c(C(=O)NCCc2ccc(OC)c(OC)c2)cc2c(OCc3ccccc3F)cccc21. The molecule has 1 aromatic heterocycles. The van der Waals surface area contributed by atoms with E-state index in [1.807, 2.05) is 47.0 Å². The normalized spacial score (nSPS) is 10.9. The summed E-state index contributed by atoms with van der Waals surface area (Å²) in [5.74, 6) is 1.49. The van der Waals surface area contributed by atoms with Crippen LogP contribution in [-0.2, 0) is 19.6 Å². The van der Waals surface area contributed by atoms with Crippen molar-refractivity contribution in [2.75, 3.05) is 20.8 Å². The van der Waals surface area contributed by atoms with Crippen LogP contribution >= 0.6 is 0 Å². The minimum Gasteiger partial charge on any atom is -0.493 e. The Kier molecular flexibility index (Phi) is 8.10. The lowest BCUT2D eigenvalue weighted by Gasteiger charge is -2.12. The summed E-state index contributed by atoms with van der Waals surface area (Å²) in [6.07, 6.45) is 1.52. The summed E-state index contributed by atoms with van der Waals surface area (Å²) in [6.45, 7) is 3.35. The number of nitrogens with zero attached hydrogens (tertiary/aromatic N) is 1. The number of halogens is 1. The molecule has 1 N–H and O–H groups in total. The van der Waals surface area contributed by atoms with Gasteiger partial charge in [-0.1, -0.05) is 37.3 Å². The fraction of sp³-hybridized carbons (Fsp3) is 0.276. The van der Waals surface area contributed by atoms with Crippen LogP contribution in [0.15, 0.2) is 66.7 Å². The molecule has 7 heteroatoms. The lowest BCUT2D eigenvalue weighted by atomic mass is 10.1. The highest BCUT2D eigenvalue weighted by Crippen LogP contribution is 2.31. The summed E-state index contributed by atoms with van der Waals surface area (Å²) >= 11 is 0. The van der Waals surface area contributed by atoms with Crippen molar-refractivity contribution in [1.82, 2.24) is 9.88 Å². The topological polar surface area (TPSA) is 61.7 Å². The van der Waals surface area contributed by atoms with Crippen LogP contribution in [0.2, 0.25) is 0 Å². The van der Waals surface area contributed by atoms with Crippen molar-refractivity contribution >= 4 is 16.8 Å². The number of rotatable bonds is 11. The number of aromatic nitrogens is 1. The molecule has 6 nitrogen and oxygen atoms in total. The zero-order chi connectivity index (χ0) is 25.5. The fourth-order valence-electron chi connectivity index (χ4n) is 4.25. The first-order valence-corrected chi connectivity index (χ1v) is 12.0. The second-order valence-electron chi connectivity index (χ2n) is 8.45. The largest absolute Gasteiger partial charge is 0.493 e. The van der Waals surface area contributed by atoms with E-state index in [2.05, 4.69) is 12.2 Å². The van der Waals surface area contributed by atoms with Gasteiger partial charge in [-0.05, 0) is 54.8 Å². The Morgan fingerprint density at radius 3 is 2.50 bits per heavy atom. The highest BCUT2D eigenvalue weighted by molar-refractivity contribution is 6.00. The van der Waals surface area contributed by atoms with Crippen LogP contribution in [0.3, 0.4) is 0 Å².